The van der Waals surface area contributed by atoms with Gasteiger partial charge in [0.1, 0.15) is 18.0 Å². The summed E-state index contributed by atoms with van der Waals surface area (Å²) in [5.41, 5.74) is 1.28. The lowest BCUT2D eigenvalue weighted by molar-refractivity contribution is 0.252. The minimum absolute atomic E-state index is 0.235. The fourth-order valence-electron chi connectivity index (χ4n) is 2.92. The molecule has 3 rings (SSSR count). The molecule has 26 heavy (non-hydrogen) atoms. The van der Waals surface area contributed by atoms with Crippen molar-refractivity contribution >= 4 is 17.7 Å². The molecule has 0 aliphatic carbocycles. The van der Waals surface area contributed by atoms with Crippen molar-refractivity contribution in [2.75, 3.05) is 50.0 Å². The molecule has 1 saturated heterocycles. The van der Waals surface area contributed by atoms with Gasteiger partial charge in [0.2, 0.25) is 0 Å². The second kappa shape index (κ2) is 9.15. The minimum Gasteiger partial charge on any atom is -0.354 e. The van der Waals surface area contributed by atoms with Crippen molar-refractivity contribution in [3.8, 4) is 0 Å². The minimum atomic E-state index is -0.235. The number of aromatic nitrogens is 2. The van der Waals surface area contributed by atoms with Gasteiger partial charge in [-0.3, -0.25) is 5.32 Å². The third-order valence-electron chi connectivity index (χ3n) is 4.49. The molecule has 1 aromatic carbocycles. The first-order valence-electron chi connectivity index (χ1n) is 9.05. The van der Waals surface area contributed by atoms with Crippen LogP contribution in [-0.2, 0) is 6.42 Å². The molecular weight excluding hydrogens is 328 g/mol. The maximum absolute atomic E-state index is 12.1. The zero-order chi connectivity index (χ0) is 18.2. The summed E-state index contributed by atoms with van der Waals surface area (Å²) >= 11 is 0. The molecule has 1 aliphatic heterocycles. The number of nitrogens with zero attached hydrogens (tertiary/aromatic N) is 4. The number of benzene rings is 1. The van der Waals surface area contributed by atoms with E-state index in [0.717, 1.165) is 44.8 Å². The Morgan fingerprint density at radius 2 is 1.88 bits per heavy atom. The highest BCUT2D eigenvalue weighted by molar-refractivity contribution is 5.88. The third-order valence-corrected chi connectivity index (χ3v) is 4.49. The van der Waals surface area contributed by atoms with Crippen LogP contribution in [0.2, 0.25) is 0 Å². The zero-order valence-corrected chi connectivity index (χ0v) is 15.2. The molecule has 1 fully saturated rings. The van der Waals surface area contributed by atoms with E-state index in [2.05, 4.69) is 49.6 Å². The van der Waals surface area contributed by atoms with Gasteiger partial charge in [-0.15, -0.1) is 0 Å². The molecule has 7 heteroatoms. The molecule has 1 aromatic heterocycles. The normalized spacial score (nSPS) is 14.9. The maximum atomic E-state index is 12.1. The van der Waals surface area contributed by atoms with E-state index in [0.29, 0.717) is 12.4 Å². The second-order valence-electron chi connectivity index (χ2n) is 6.52. The van der Waals surface area contributed by atoms with Crippen LogP contribution in [0, 0.1) is 0 Å². The standard InChI is InChI=1S/C19H26N6O/c1-24-10-12-25(13-11-24)18-14-17(21-15-22-18)23-19(26)20-9-5-8-16-6-3-2-4-7-16/h2-4,6-7,14-15H,5,8-13H2,1H3,(H2,20,21,22,23,26). The van der Waals surface area contributed by atoms with Gasteiger partial charge >= 0.3 is 6.03 Å². The van der Waals surface area contributed by atoms with Crippen LogP contribution in [-0.4, -0.2) is 60.7 Å². The topological polar surface area (TPSA) is 73.4 Å². The number of urea groups is 1. The fourth-order valence-corrected chi connectivity index (χ4v) is 2.92. The quantitative estimate of drug-likeness (QED) is 0.776. The molecule has 0 unspecified atom stereocenters. The van der Waals surface area contributed by atoms with Crippen LogP contribution in [0.4, 0.5) is 16.4 Å². The zero-order valence-electron chi connectivity index (χ0n) is 15.2. The Kier molecular flexibility index (Phi) is 6.38. The first kappa shape index (κ1) is 18.1. The van der Waals surface area contributed by atoms with Gasteiger partial charge in [0.25, 0.3) is 0 Å². The molecule has 0 radical (unpaired) electrons. The smallest absolute Gasteiger partial charge is 0.320 e. The lowest BCUT2D eigenvalue weighted by Crippen LogP contribution is -2.44. The van der Waals surface area contributed by atoms with Gasteiger partial charge in [0.15, 0.2) is 0 Å². The molecular formula is C19H26N6O. The highest BCUT2D eigenvalue weighted by Gasteiger charge is 2.16. The van der Waals surface area contributed by atoms with Crippen LogP contribution in [0.1, 0.15) is 12.0 Å². The monoisotopic (exact) mass is 354 g/mol. The number of piperazine rings is 1. The Morgan fingerprint density at radius 3 is 2.65 bits per heavy atom. The number of nitrogens with one attached hydrogen (secondary N) is 2. The Hall–Kier alpha value is -2.67. The lowest BCUT2D eigenvalue weighted by Gasteiger charge is -2.33. The fraction of sp³-hybridized carbons (Fsp3) is 0.421. The van der Waals surface area contributed by atoms with Crippen molar-refractivity contribution in [1.29, 1.82) is 0 Å². The number of aryl methyl sites for hydroxylation is 1. The Bertz CT molecular complexity index is 700. The molecule has 1 aliphatic rings. The highest BCUT2D eigenvalue weighted by Crippen LogP contribution is 2.15. The molecule has 0 bridgehead atoms. The average Bonchev–Trinajstić information content (AvgIpc) is 2.67. The number of carbonyl (C=O) groups excluding carboxylic acids is 1. The molecule has 2 N–H and O–H groups in total. The molecule has 0 atom stereocenters. The summed E-state index contributed by atoms with van der Waals surface area (Å²) in [5, 5.41) is 5.67. The molecule has 7 nitrogen and oxygen atoms in total. The maximum Gasteiger partial charge on any atom is 0.320 e. The van der Waals surface area contributed by atoms with Crippen LogP contribution in [0.25, 0.3) is 0 Å². The van der Waals surface area contributed by atoms with E-state index in [1.54, 1.807) is 0 Å². The summed E-state index contributed by atoms with van der Waals surface area (Å²) in [6.45, 7) is 4.50. The van der Waals surface area contributed by atoms with Gasteiger partial charge in [0, 0.05) is 38.8 Å². The van der Waals surface area contributed by atoms with Crippen LogP contribution < -0.4 is 15.5 Å². The van der Waals surface area contributed by atoms with Crippen LogP contribution >= 0.6 is 0 Å². The second-order valence-corrected chi connectivity index (χ2v) is 6.52. The number of anilines is 2. The molecule has 0 saturated carbocycles. The van der Waals surface area contributed by atoms with E-state index >= 15 is 0 Å². The molecule has 2 aromatic rings. The summed E-state index contributed by atoms with van der Waals surface area (Å²) in [5.74, 6) is 1.38. The van der Waals surface area contributed by atoms with Crippen molar-refractivity contribution in [3.05, 3.63) is 48.3 Å². The van der Waals surface area contributed by atoms with E-state index in [1.807, 2.05) is 24.3 Å². The summed E-state index contributed by atoms with van der Waals surface area (Å²) in [6, 6.07) is 11.9. The lowest BCUT2D eigenvalue weighted by atomic mass is 10.1. The summed E-state index contributed by atoms with van der Waals surface area (Å²) in [4.78, 5) is 25.0. The van der Waals surface area contributed by atoms with Crippen LogP contribution in [0.5, 0.6) is 0 Å². The largest absolute Gasteiger partial charge is 0.354 e. The summed E-state index contributed by atoms with van der Waals surface area (Å²) in [7, 11) is 2.12. The Morgan fingerprint density at radius 1 is 1.12 bits per heavy atom. The van der Waals surface area contributed by atoms with Crippen molar-refractivity contribution < 1.29 is 4.79 Å². The van der Waals surface area contributed by atoms with E-state index in [9.17, 15) is 4.79 Å². The SMILES string of the molecule is CN1CCN(c2cc(NC(=O)NCCCc3ccccc3)ncn2)CC1. The van der Waals surface area contributed by atoms with Crippen molar-refractivity contribution in [2.24, 2.45) is 0 Å². The van der Waals surface area contributed by atoms with Crippen LogP contribution in [0.3, 0.4) is 0 Å². The molecule has 2 heterocycles. The van der Waals surface area contributed by atoms with E-state index in [1.165, 1.54) is 11.9 Å². The molecule has 0 spiro atoms. The number of likely N-dealkylation sites (N-methyl/N-ethyl adjacent to an activating group) is 1. The predicted octanol–water partition coefficient (Wildman–Crippen LogP) is 1.98. The van der Waals surface area contributed by atoms with E-state index < -0.39 is 0 Å². The molecule has 138 valence electrons. The number of amides is 2. The number of rotatable bonds is 6. The first-order chi connectivity index (χ1) is 12.7. The van der Waals surface area contributed by atoms with E-state index in [-0.39, 0.29) is 6.03 Å². The number of carbonyl (C=O) groups is 1. The van der Waals surface area contributed by atoms with Gasteiger partial charge in [-0.2, -0.15) is 0 Å². The number of hydrogen-bond donors (Lipinski definition) is 2. The predicted molar refractivity (Wildman–Crippen MR) is 104 cm³/mol. The summed E-state index contributed by atoms with van der Waals surface area (Å²) in [6.07, 6.45) is 3.34. The van der Waals surface area contributed by atoms with Gasteiger partial charge in [-0.1, -0.05) is 30.3 Å². The highest BCUT2D eigenvalue weighted by atomic mass is 16.2. The van der Waals surface area contributed by atoms with Gasteiger partial charge in [-0.25, -0.2) is 14.8 Å². The number of hydrogen-bond acceptors (Lipinski definition) is 5. The molecule has 2 amide bonds. The van der Waals surface area contributed by atoms with Crippen molar-refractivity contribution in [3.63, 3.8) is 0 Å². The van der Waals surface area contributed by atoms with Gasteiger partial charge in [0.05, 0.1) is 0 Å². The first-order valence-corrected chi connectivity index (χ1v) is 9.05. The summed E-state index contributed by atoms with van der Waals surface area (Å²) < 4.78 is 0. The average molecular weight is 354 g/mol. The van der Waals surface area contributed by atoms with Gasteiger partial charge in [-0.05, 0) is 25.5 Å². The van der Waals surface area contributed by atoms with E-state index in [4.69, 9.17) is 0 Å². The van der Waals surface area contributed by atoms with Gasteiger partial charge < -0.3 is 15.1 Å². The Balaban J connectivity index is 1.43. The van der Waals surface area contributed by atoms with Crippen LogP contribution in [0.15, 0.2) is 42.7 Å². The Labute approximate surface area is 154 Å². The third kappa shape index (κ3) is 5.42. The van der Waals surface area contributed by atoms with Crippen molar-refractivity contribution in [1.82, 2.24) is 20.2 Å². The van der Waals surface area contributed by atoms with Crippen molar-refractivity contribution in [2.45, 2.75) is 12.8 Å².